The van der Waals surface area contributed by atoms with Crippen LogP contribution in [0.1, 0.15) is 24.5 Å². The first-order valence-corrected chi connectivity index (χ1v) is 8.23. The summed E-state index contributed by atoms with van der Waals surface area (Å²) in [5.74, 6) is 0.419. The van der Waals surface area contributed by atoms with Crippen LogP contribution in [-0.2, 0) is 6.54 Å². The van der Waals surface area contributed by atoms with Crippen LogP contribution in [0.2, 0.25) is 0 Å². The maximum Gasteiger partial charge on any atom is 0.0997 e. The van der Waals surface area contributed by atoms with E-state index in [1.807, 2.05) is 30.3 Å². The highest BCUT2D eigenvalue weighted by Gasteiger charge is 2.24. The maximum atomic E-state index is 9.63. The van der Waals surface area contributed by atoms with Gasteiger partial charge in [-0.05, 0) is 29.0 Å². The fourth-order valence-electron chi connectivity index (χ4n) is 3.40. The number of nitriles is 1. The Morgan fingerprint density at radius 2 is 1.74 bits per heavy atom. The summed E-state index contributed by atoms with van der Waals surface area (Å²) in [5, 5.41) is 9.63. The molecule has 0 amide bonds. The Kier molecular flexibility index (Phi) is 4.90. The lowest BCUT2D eigenvalue weighted by Crippen LogP contribution is -2.35. The number of nitrogens with zero attached hydrogens (tertiary/aromatic N) is 2. The molecule has 1 saturated heterocycles. The van der Waals surface area contributed by atoms with E-state index in [0.717, 1.165) is 37.2 Å². The van der Waals surface area contributed by atoms with Crippen LogP contribution in [0.4, 0.5) is 0 Å². The summed E-state index contributed by atoms with van der Waals surface area (Å²) >= 11 is 0. The smallest absolute Gasteiger partial charge is 0.0997 e. The Labute approximate surface area is 138 Å². The van der Waals surface area contributed by atoms with Crippen LogP contribution >= 0.6 is 0 Å². The van der Waals surface area contributed by atoms with Gasteiger partial charge in [-0.3, -0.25) is 4.90 Å². The van der Waals surface area contributed by atoms with Gasteiger partial charge >= 0.3 is 0 Å². The molecular formula is C21H22N2. The van der Waals surface area contributed by atoms with Gasteiger partial charge in [-0.1, -0.05) is 67.6 Å². The molecule has 1 fully saturated rings. The first kappa shape index (κ1) is 15.5. The van der Waals surface area contributed by atoms with Crippen LogP contribution in [0, 0.1) is 17.2 Å². The highest BCUT2D eigenvalue weighted by atomic mass is 15.1. The number of piperidine rings is 1. The quantitative estimate of drug-likeness (QED) is 0.780. The predicted octanol–water partition coefficient (Wildman–Crippen LogP) is 4.51. The van der Waals surface area contributed by atoms with E-state index in [0.29, 0.717) is 5.92 Å². The molecule has 23 heavy (non-hydrogen) atoms. The van der Waals surface area contributed by atoms with E-state index < -0.39 is 0 Å². The zero-order chi connectivity index (χ0) is 16.1. The molecule has 1 aliphatic heterocycles. The number of hydrogen-bond acceptors (Lipinski definition) is 2. The van der Waals surface area contributed by atoms with Crippen molar-refractivity contribution in [3.8, 4) is 6.07 Å². The molecule has 1 aliphatic rings. The minimum Gasteiger partial charge on any atom is -0.298 e. The van der Waals surface area contributed by atoms with Crippen LogP contribution in [0.5, 0.6) is 0 Å². The minimum absolute atomic E-state index is 0.419. The lowest BCUT2D eigenvalue weighted by atomic mass is 9.86. The van der Waals surface area contributed by atoms with Crippen molar-refractivity contribution in [1.82, 2.24) is 4.90 Å². The molecule has 0 radical (unpaired) electrons. The topological polar surface area (TPSA) is 27.0 Å². The molecule has 1 heterocycles. The van der Waals surface area contributed by atoms with Gasteiger partial charge < -0.3 is 0 Å². The van der Waals surface area contributed by atoms with Gasteiger partial charge in [-0.15, -0.1) is 0 Å². The van der Waals surface area contributed by atoms with Crippen molar-refractivity contribution in [2.75, 3.05) is 13.1 Å². The standard InChI is InChI=1S/C21H22N2/c1-17-15-23(16-18-8-4-2-5-9-18)13-12-20(17)21(14-22)19-10-6-3-7-11-19/h2-11,17H,12-13,15-16H2,1H3. The summed E-state index contributed by atoms with van der Waals surface area (Å²) in [6.07, 6.45) is 0.978. The molecule has 2 aromatic rings. The third kappa shape index (κ3) is 3.70. The van der Waals surface area contributed by atoms with Crippen LogP contribution in [0.3, 0.4) is 0 Å². The van der Waals surface area contributed by atoms with Gasteiger partial charge in [0.15, 0.2) is 0 Å². The lowest BCUT2D eigenvalue weighted by molar-refractivity contribution is 0.214. The fraction of sp³-hybridized carbons (Fsp3) is 0.286. The van der Waals surface area contributed by atoms with Crippen molar-refractivity contribution < 1.29 is 0 Å². The summed E-state index contributed by atoms with van der Waals surface area (Å²) in [6.45, 7) is 5.27. The Morgan fingerprint density at radius 3 is 2.35 bits per heavy atom. The van der Waals surface area contributed by atoms with Crippen molar-refractivity contribution in [3.05, 3.63) is 77.4 Å². The Hall–Kier alpha value is -2.37. The van der Waals surface area contributed by atoms with E-state index in [1.54, 1.807) is 0 Å². The second-order valence-electron chi connectivity index (χ2n) is 6.25. The third-order valence-corrected chi connectivity index (χ3v) is 4.57. The number of likely N-dealkylation sites (tertiary alicyclic amines) is 1. The largest absolute Gasteiger partial charge is 0.298 e. The van der Waals surface area contributed by atoms with E-state index in [4.69, 9.17) is 0 Å². The average molecular weight is 302 g/mol. The Morgan fingerprint density at radius 1 is 1.09 bits per heavy atom. The number of benzene rings is 2. The maximum absolute atomic E-state index is 9.63. The summed E-state index contributed by atoms with van der Waals surface area (Å²) in [7, 11) is 0. The zero-order valence-corrected chi connectivity index (χ0v) is 13.6. The molecule has 0 saturated carbocycles. The van der Waals surface area contributed by atoms with Gasteiger partial charge in [0.25, 0.3) is 0 Å². The van der Waals surface area contributed by atoms with Gasteiger partial charge in [0.1, 0.15) is 0 Å². The molecule has 1 atom stereocenters. The number of rotatable bonds is 3. The molecule has 116 valence electrons. The monoisotopic (exact) mass is 302 g/mol. The summed E-state index contributed by atoms with van der Waals surface area (Å²) in [6, 6.07) is 23.1. The van der Waals surface area contributed by atoms with Crippen molar-refractivity contribution in [2.45, 2.75) is 19.9 Å². The minimum atomic E-state index is 0.419. The molecule has 2 nitrogen and oxygen atoms in total. The highest BCUT2D eigenvalue weighted by Crippen LogP contribution is 2.30. The van der Waals surface area contributed by atoms with Crippen LogP contribution in [0.25, 0.3) is 5.57 Å². The van der Waals surface area contributed by atoms with Gasteiger partial charge in [0.05, 0.1) is 11.6 Å². The SMILES string of the molecule is CC1CN(Cc2ccccc2)CCC1=C(C#N)c1ccccc1. The van der Waals surface area contributed by atoms with Gasteiger partial charge in [0, 0.05) is 19.6 Å². The van der Waals surface area contributed by atoms with E-state index in [9.17, 15) is 5.26 Å². The van der Waals surface area contributed by atoms with Crippen LogP contribution in [0.15, 0.2) is 66.2 Å². The molecule has 0 aliphatic carbocycles. The molecule has 0 N–H and O–H groups in total. The molecule has 3 rings (SSSR count). The first-order valence-electron chi connectivity index (χ1n) is 8.23. The summed E-state index contributed by atoms with van der Waals surface area (Å²) in [4.78, 5) is 2.49. The van der Waals surface area contributed by atoms with Crippen LogP contribution < -0.4 is 0 Å². The van der Waals surface area contributed by atoms with Gasteiger partial charge in [0.2, 0.25) is 0 Å². The van der Waals surface area contributed by atoms with Crippen molar-refractivity contribution >= 4 is 5.57 Å². The van der Waals surface area contributed by atoms with Gasteiger partial charge in [-0.25, -0.2) is 0 Å². The van der Waals surface area contributed by atoms with Crippen molar-refractivity contribution in [1.29, 1.82) is 5.26 Å². The lowest BCUT2D eigenvalue weighted by Gasteiger charge is -2.33. The molecule has 2 heteroatoms. The van der Waals surface area contributed by atoms with Gasteiger partial charge in [-0.2, -0.15) is 5.26 Å². The van der Waals surface area contributed by atoms with E-state index in [-0.39, 0.29) is 0 Å². The number of allylic oxidation sites excluding steroid dienone is 1. The second-order valence-corrected chi connectivity index (χ2v) is 6.25. The van der Waals surface area contributed by atoms with Crippen molar-refractivity contribution in [2.24, 2.45) is 5.92 Å². The predicted molar refractivity (Wildman–Crippen MR) is 94.5 cm³/mol. The molecule has 0 aromatic heterocycles. The first-order chi connectivity index (χ1) is 11.3. The van der Waals surface area contributed by atoms with E-state index in [2.05, 4.69) is 48.2 Å². The van der Waals surface area contributed by atoms with E-state index in [1.165, 1.54) is 11.1 Å². The summed E-state index contributed by atoms with van der Waals surface area (Å²) < 4.78 is 0. The Bertz CT molecular complexity index is 711. The molecular weight excluding hydrogens is 280 g/mol. The molecule has 0 bridgehead atoms. The van der Waals surface area contributed by atoms with Crippen molar-refractivity contribution in [3.63, 3.8) is 0 Å². The highest BCUT2D eigenvalue weighted by molar-refractivity contribution is 5.79. The number of hydrogen-bond donors (Lipinski definition) is 0. The third-order valence-electron chi connectivity index (χ3n) is 4.57. The fourth-order valence-corrected chi connectivity index (χ4v) is 3.40. The molecule has 2 aromatic carbocycles. The Balaban J connectivity index is 1.76. The molecule has 0 spiro atoms. The molecule has 1 unspecified atom stereocenters. The second kappa shape index (κ2) is 7.26. The zero-order valence-electron chi connectivity index (χ0n) is 13.6. The van der Waals surface area contributed by atoms with E-state index >= 15 is 0 Å². The normalized spacial score (nSPS) is 20.8. The van der Waals surface area contributed by atoms with Crippen LogP contribution in [-0.4, -0.2) is 18.0 Å². The summed E-state index contributed by atoms with van der Waals surface area (Å²) in [5.41, 5.74) is 4.59. The average Bonchev–Trinajstić information content (AvgIpc) is 2.59.